The maximum Gasteiger partial charge on any atom is 0.414 e. The average molecular weight is 349 g/mol. The van der Waals surface area contributed by atoms with Gasteiger partial charge in [0.05, 0.1) is 5.69 Å². The van der Waals surface area contributed by atoms with Crippen molar-refractivity contribution in [2.75, 3.05) is 11.4 Å². The summed E-state index contributed by atoms with van der Waals surface area (Å²) in [6, 6.07) is 13.2. The van der Waals surface area contributed by atoms with Gasteiger partial charge in [-0.25, -0.2) is 4.79 Å². The zero-order valence-corrected chi connectivity index (χ0v) is 13.6. The molecule has 0 saturated heterocycles. The van der Waals surface area contributed by atoms with E-state index in [4.69, 9.17) is 4.74 Å². The largest absolute Gasteiger partial charge is 0.444 e. The first-order chi connectivity index (χ1) is 11.4. The van der Waals surface area contributed by atoms with Crippen molar-refractivity contribution in [3.63, 3.8) is 0 Å². The van der Waals surface area contributed by atoms with E-state index in [9.17, 15) is 17.1 Å². The molecule has 3 rings (SSSR count). The van der Waals surface area contributed by atoms with Gasteiger partial charge in [0.1, 0.15) is 11.5 Å². The lowest BCUT2D eigenvalue weighted by Gasteiger charge is -2.29. The van der Waals surface area contributed by atoms with Crippen LogP contribution >= 0.6 is 0 Å². The predicted molar refractivity (Wildman–Crippen MR) is 87.0 cm³/mol. The fraction of sp³-hybridized carbons (Fsp3) is 0.235. The highest BCUT2D eigenvalue weighted by molar-refractivity contribution is 7.86. The number of anilines is 1. The second-order valence-corrected chi connectivity index (χ2v) is 6.87. The van der Waals surface area contributed by atoms with Crippen LogP contribution < -0.4 is 4.90 Å². The molecule has 0 N–H and O–H groups in total. The van der Waals surface area contributed by atoms with Crippen LogP contribution in [0.2, 0.25) is 0 Å². The Kier molecular flexibility index (Phi) is 4.53. The number of aryl methyl sites for hydroxylation is 1. The van der Waals surface area contributed by atoms with Crippen LogP contribution in [0.1, 0.15) is 17.5 Å². The second kappa shape index (κ2) is 6.60. The number of halogens is 1. The molecule has 1 heterocycles. The zero-order chi connectivity index (χ0) is 17.2. The first kappa shape index (κ1) is 16.4. The summed E-state index contributed by atoms with van der Waals surface area (Å²) in [4.78, 5) is 13.3. The number of hydrogen-bond acceptors (Lipinski definition) is 4. The minimum absolute atomic E-state index is 0.118. The smallest absolute Gasteiger partial charge is 0.414 e. The number of ether oxygens (including phenoxy) is 1. The molecule has 0 bridgehead atoms. The molecule has 0 spiro atoms. The minimum Gasteiger partial charge on any atom is -0.444 e. The van der Waals surface area contributed by atoms with Crippen molar-refractivity contribution in [1.82, 2.24) is 0 Å². The molecule has 0 aliphatic carbocycles. The van der Waals surface area contributed by atoms with E-state index in [2.05, 4.69) is 0 Å². The Balaban J connectivity index is 1.81. The normalized spacial score (nSPS) is 14.1. The molecule has 126 valence electrons. The summed E-state index contributed by atoms with van der Waals surface area (Å²) in [6.07, 6.45) is 0.854. The van der Waals surface area contributed by atoms with Crippen LogP contribution in [0.5, 0.6) is 0 Å². The summed E-state index contributed by atoms with van der Waals surface area (Å²) in [7, 11) is -4.82. The summed E-state index contributed by atoms with van der Waals surface area (Å²) in [6.45, 7) is 0.517. The molecule has 1 amide bonds. The third-order valence-electron chi connectivity index (χ3n) is 3.88. The number of rotatable bonds is 3. The standard InChI is InChI=1S/C17H16FNO4S/c18-24(21,22)15-9-8-14-7-4-10-19(16(14)11-15)17(20)23-12-13-5-2-1-3-6-13/h1-3,5-6,8-9,11H,4,7,10,12H2. The Morgan fingerprint density at radius 3 is 2.62 bits per heavy atom. The minimum atomic E-state index is -4.82. The van der Waals surface area contributed by atoms with Gasteiger partial charge in [0.15, 0.2) is 0 Å². The van der Waals surface area contributed by atoms with Crippen molar-refractivity contribution in [2.45, 2.75) is 24.3 Å². The van der Waals surface area contributed by atoms with E-state index in [1.54, 1.807) is 6.07 Å². The molecule has 0 saturated carbocycles. The Morgan fingerprint density at radius 1 is 1.17 bits per heavy atom. The van der Waals surface area contributed by atoms with Gasteiger partial charge in [-0.05, 0) is 36.1 Å². The molecule has 2 aromatic carbocycles. The molecule has 0 atom stereocenters. The molecular formula is C17H16FNO4S. The van der Waals surface area contributed by atoms with Crippen LogP contribution in [0.15, 0.2) is 53.4 Å². The van der Waals surface area contributed by atoms with Crippen LogP contribution in [-0.2, 0) is 28.0 Å². The van der Waals surface area contributed by atoms with E-state index < -0.39 is 21.2 Å². The molecule has 0 radical (unpaired) electrons. The fourth-order valence-corrected chi connectivity index (χ4v) is 3.18. The monoisotopic (exact) mass is 349 g/mol. The zero-order valence-electron chi connectivity index (χ0n) is 12.8. The van der Waals surface area contributed by atoms with E-state index in [1.807, 2.05) is 30.3 Å². The first-order valence-corrected chi connectivity index (χ1v) is 8.89. The van der Waals surface area contributed by atoms with Crippen molar-refractivity contribution in [1.29, 1.82) is 0 Å². The number of carbonyl (C=O) groups is 1. The number of amides is 1. The molecule has 0 unspecified atom stereocenters. The Bertz CT molecular complexity index is 852. The van der Waals surface area contributed by atoms with Crippen LogP contribution in [0.3, 0.4) is 0 Å². The third-order valence-corrected chi connectivity index (χ3v) is 4.70. The van der Waals surface area contributed by atoms with E-state index in [0.717, 1.165) is 17.5 Å². The Morgan fingerprint density at radius 2 is 1.92 bits per heavy atom. The van der Waals surface area contributed by atoms with E-state index >= 15 is 0 Å². The lowest BCUT2D eigenvalue weighted by molar-refractivity contribution is 0.146. The number of benzene rings is 2. The van der Waals surface area contributed by atoms with Crippen molar-refractivity contribution in [3.8, 4) is 0 Å². The van der Waals surface area contributed by atoms with E-state index in [1.165, 1.54) is 17.0 Å². The molecular weight excluding hydrogens is 333 g/mol. The van der Waals surface area contributed by atoms with Gasteiger partial charge < -0.3 is 4.74 Å². The molecule has 2 aromatic rings. The molecule has 24 heavy (non-hydrogen) atoms. The first-order valence-electron chi connectivity index (χ1n) is 7.51. The second-order valence-electron chi connectivity index (χ2n) is 5.52. The highest BCUT2D eigenvalue weighted by Gasteiger charge is 2.26. The molecule has 7 heteroatoms. The lowest BCUT2D eigenvalue weighted by atomic mass is 10.0. The third kappa shape index (κ3) is 3.56. The topological polar surface area (TPSA) is 63.7 Å². The van der Waals surface area contributed by atoms with Crippen molar-refractivity contribution in [2.24, 2.45) is 0 Å². The van der Waals surface area contributed by atoms with Crippen LogP contribution in [0.25, 0.3) is 0 Å². The summed E-state index contributed by atoms with van der Waals surface area (Å²) >= 11 is 0. The van der Waals surface area contributed by atoms with Crippen molar-refractivity contribution in [3.05, 3.63) is 59.7 Å². The summed E-state index contributed by atoms with van der Waals surface area (Å²) in [5, 5.41) is 0. The van der Waals surface area contributed by atoms with Crippen LogP contribution in [-0.4, -0.2) is 21.1 Å². The van der Waals surface area contributed by atoms with E-state index in [0.29, 0.717) is 18.7 Å². The van der Waals surface area contributed by atoms with Crippen molar-refractivity contribution >= 4 is 22.0 Å². The SMILES string of the molecule is O=C(OCc1ccccc1)N1CCCc2ccc(S(=O)(=O)F)cc21. The van der Waals surface area contributed by atoms with Gasteiger partial charge >= 0.3 is 16.3 Å². The maximum atomic E-state index is 13.2. The number of carbonyl (C=O) groups excluding carboxylic acids is 1. The number of hydrogen-bond donors (Lipinski definition) is 0. The van der Waals surface area contributed by atoms with Gasteiger partial charge in [0.25, 0.3) is 0 Å². The summed E-state index contributed by atoms with van der Waals surface area (Å²) in [5.41, 5.74) is 2.03. The predicted octanol–water partition coefficient (Wildman–Crippen LogP) is 3.43. The molecule has 1 aliphatic rings. The van der Waals surface area contributed by atoms with Crippen LogP contribution in [0.4, 0.5) is 14.4 Å². The Hall–Kier alpha value is -2.41. The summed E-state index contributed by atoms with van der Waals surface area (Å²) < 4.78 is 40.7. The molecule has 1 aliphatic heterocycles. The van der Waals surface area contributed by atoms with Gasteiger partial charge in [0.2, 0.25) is 0 Å². The van der Waals surface area contributed by atoms with Gasteiger partial charge in [-0.15, -0.1) is 3.89 Å². The van der Waals surface area contributed by atoms with Crippen molar-refractivity contribution < 1.29 is 21.8 Å². The highest BCUT2D eigenvalue weighted by Crippen LogP contribution is 2.31. The Labute approximate surface area is 139 Å². The van der Waals surface area contributed by atoms with E-state index in [-0.39, 0.29) is 6.61 Å². The molecule has 0 fully saturated rings. The highest BCUT2D eigenvalue weighted by atomic mass is 32.3. The number of nitrogens with zero attached hydrogens (tertiary/aromatic N) is 1. The quantitative estimate of drug-likeness (QED) is 0.797. The lowest BCUT2D eigenvalue weighted by Crippen LogP contribution is -2.36. The number of fused-ring (bicyclic) bond motifs is 1. The maximum absolute atomic E-state index is 13.2. The van der Waals surface area contributed by atoms with Crippen LogP contribution in [0, 0.1) is 0 Å². The summed E-state index contributed by atoms with van der Waals surface area (Å²) in [5.74, 6) is 0. The average Bonchev–Trinajstić information content (AvgIpc) is 2.58. The van der Waals surface area contributed by atoms with Gasteiger partial charge in [-0.3, -0.25) is 4.90 Å². The fourth-order valence-electron chi connectivity index (χ4n) is 2.69. The molecule has 0 aromatic heterocycles. The van der Waals surface area contributed by atoms with Gasteiger partial charge in [-0.1, -0.05) is 36.4 Å². The van der Waals surface area contributed by atoms with Gasteiger partial charge in [-0.2, -0.15) is 8.42 Å². The molecule has 5 nitrogen and oxygen atoms in total. The van der Waals surface area contributed by atoms with Gasteiger partial charge in [0, 0.05) is 6.54 Å².